The van der Waals surface area contributed by atoms with Crippen molar-refractivity contribution in [1.29, 1.82) is 0 Å². The zero-order valence-electron chi connectivity index (χ0n) is 28.6. The lowest BCUT2D eigenvalue weighted by atomic mass is 9.94. The normalized spacial score (nSPS) is 25.8. The molecule has 1 N–H and O–H groups in total. The summed E-state index contributed by atoms with van der Waals surface area (Å²) in [6.07, 6.45) is 10.2. The number of likely N-dealkylation sites (tertiary alicyclic amines) is 1. The predicted octanol–water partition coefficient (Wildman–Crippen LogP) is 5.38. The number of amides is 1. The van der Waals surface area contributed by atoms with E-state index in [1.807, 2.05) is 0 Å². The molecule has 10 nitrogen and oxygen atoms in total. The number of aromatic nitrogens is 3. The molecule has 0 radical (unpaired) electrons. The van der Waals surface area contributed by atoms with Crippen LogP contribution >= 0.6 is 0 Å². The summed E-state index contributed by atoms with van der Waals surface area (Å²) in [5, 5.41) is 5.16. The summed E-state index contributed by atoms with van der Waals surface area (Å²) in [6.45, 7) is 6.81. The first kappa shape index (κ1) is 32.9. The predicted molar refractivity (Wildman–Crippen MR) is 190 cm³/mol. The second-order valence-electron chi connectivity index (χ2n) is 14.9. The molecular weight excluding hydrogens is 671 g/mol. The van der Waals surface area contributed by atoms with E-state index >= 15 is 4.39 Å². The van der Waals surface area contributed by atoms with Crippen molar-refractivity contribution in [2.75, 3.05) is 50.8 Å². The van der Waals surface area contributed by atoms with Gasteiger partial charge in [-0.2, -0.15) is 9.97 Å². The molecule has 52 heavy (non-hydrogen) atoms. The monoisotopic (exact) mass is 709 g/mol. The Kier molecular flexibility index (Phi) is 8.00. The molecule has 4 aromatic rings. The van der Waals surface area contributed by atoms with Crippen LogP contribution in [-0.4, -0.2) is 107 Å². The zero-order valence-corrected chi connectivity index (χ0v) is 28.6. The molecule has 9 rings (SSSR count). The van der Waals surface area contributed by atoms with Crippen LogP contribution in [0, 0.1) is 24.0 Å². The molecule has 2 aromatic carbocycles. The highest BCUT2D eigenvalue weighted by Crippen LogP contribution is 2.45. The van der Waals surface area contributed by atoms with Crippen LogP contribution in [-0.2, 0) is 4.74 Å². The van der Waals surface area contributed by atoms with Crippen molar-refractivity contribution in [2.45, 2.75) is 61.9 Å². The minimum absolute atomic E-state index is 0.00138. The van der Waals surface area contributed by atoms with Crippen molar-refractivity contribution < 1.29 is 27.4 Å². The lowest BCUT2D eigenvalue weighted by molar-refractivity contribution is 0.0176. The minimum atomic E-state index is -0.995. The molecule has 0 saturated carbocycles. The average Bonchev–Trinajstić information content (AvgIpc) is 3.76. The third-order valence-corrected chi connectivity index (χ3v) is 11.5. The highest BCUT2D eigenvalue weighted by atomic mass is 19.1. The Morgan fingerprint density at radius 3 is 2.67 bits per heavy atom. The lowest BCUT2D eigenvalue weighted by Gasteiger charge is -2.36. The van der Waals surface area contributed by atoms with Gasteiger partial charge in [-0.3, -0.25) is 9.88 Å². The molecule has 5 saturated heterocycles. The minimum Gasteiger partial charge on any atom is -0.461 e. The summed E-state index contributed by atoms with van der Waals surface area (Å²) in [5.74, 6) is 1.74. The molecule has 4 atom stereocenters. The van der Waals surface area contributed by atoms with E-state index in [-0.39, 0.29) is 55.1 Å². The topological polar surface area (TPSA) is 96.0 Å². The number of pyridine rings is 1. The van der Waals surface area contributed by atoms with Crippen molar-refractivity contribution in [1.82, 2.24) is 30.1 Å². The number of nitrogens with one attached hydrogen (secondary N) is 1. The molecule has 2 bridgehead atoms. The number of anilines is 1. The third kappa shape index (κ3) is 5.51. The van der Waals surface area contributed by atoms with Crippen molar-refractivity contribution in [3.8, 4) is 29.6 Å². The number of hydrogen-bond donors (Lipinski definition) is 1. The molecule has 2 unspecified atom stereocenters. The van der Waals surface area contributed by atoms with Gasteiger partial charge in [0.25, 0.3) is 0 Å². The Morgan fingerprint density at radius 1 is 1.10 bits per heavy atom. The van der Waals surface area contributed by atoms with E-state index in [4.69, 9.17) is 20.9 Å². The van der Waals surface area contributed by atoms with Gasteiger partial charge in [-0.15, -0.1) is 6.42 Å². The number of piperazine rings is 1. The quantitative estimate of drug-likeness (QED) is 0.201. The number of hydrogen-bond acceptors (Lipinski definition) is 9. The molecular formula is C39H38F3N7O3. The molecule has 5 aliphatic heterocycles. The maximum absolute atomic E-state index is 17.0. The SMILES string of the molecule is C#Cc1c(F)ccc2cccc(-c3ncc4c(N5CC6CCC(C5)N6)nc(OC[C@@]56CC[C@@H](COC(=O)N7CC(F)C7)N5CC(=C)C6)nc4c3F)c12. The van der Waals surface area contributed by atoms with Gasteiger partial charge >= 0.3 is 12.1 Å². The zero-order chi connectivity index (χ0) is 35.7. The van der Waals surface area contributed by atoms with Crippen LogP contribution in [0.15, 0.2) is 48.7 Å². The summed E-state index contributed by atoms with van der Waals surface area (Å²) in [6, 6.07) is 8.74. The standard InChI is InChI=1S/C39H38F3N7O3/c1-3-28-31(41)10-7-23-5-4-6-29(32(23)28)34-33(42)35-30(14-43-34)36(47-18-25-8-9-26(19-47)44-25)46-37(45-35)52-21-39-12-11-27(49(39)15-22(2)13-39)20-51-38(50)48-16-24(40)17-48/h1,4-7,10,14,24-27,44H,2,8-9,11-13,15-21H2/t25?,26?,27-,39-/m0/s1. The van der Waals surface area contributed by atoms with E-state index in [1.165, 1.54) is 11.0 Å². The first-order chi connectivity index (χ1) is 25.2. The molecule has 5 aliphatic rings. The van der Waals surface area contributed by atoms with Gasteiger partial charge in [-0.1, -0.05) is 42.3 Å². The summed E-state index contributed by atoms with van der Waals surface area (Å²) >= 11 is 0. The smallest absolute Gasteiger partial charge is 0.410 e. The molecule has 1 amide bonds. The van der Waals surface area contributed by atoms with Crippen molar-refractivity contribution >= 4 is 33.6 Å². The second kappa shape index (κ2) is 12.6. The Balaban J connectivity index is 1.06. The molecule has 268 valence electrons. The van der Waals surface area contributed by atoms with E-state index in [9.17, 15) is 13.6 Å². The summed E-state index contributed by atoms with van der Waals surface area (Å²) in [4.78, 5) is 32.4. The highest BCUT2D eigenvalue weighted by Gasteiger charge is 2.51. The number of alkyl halides is 1. The van der Waals surface area contributed by atoms with Gasteiger partial charge in [-0.25, -0.2) is 18.0 Å². The fourth-order valence-electron chi connectivity index (χ4n) is 8.96. The van der Waals surface area contributed by atoms with Crippen molar-refractivity contribution in [3.05, 3.63) is 65.9 Å². The van der Waals surface area contributed by atoms with Crippen LogP contribution in [0.5, 0.6) is 6.01 Å². The first-order valence-electron chi connectivity index (χ1n) is 17.9. The first-order valence-corrected chi connectivity index (χ1v) is 17.9. The van der Waals surface area contributed by atoms with Crippen LogP contribution in [0.3, 0.4) is 0 Å². The van der Waals surface area contributed by atoms with E-state index in [1.54, 1.807) is 30.5 Å². The fraction of sp³-hybridized carbons (Fsp3) is 0.436. The van der Waals surface area contributed by atoms with Gasteiger partial charge < -0.3 is 24.6 Å². The lowest BCUT2D eigenvalue weighted by Crippen LogP contribution is -2.52. The Labute approximate surface area is 299 Å². The van der Waals surface area contributed by atoms with Gasteiger partial charge in [0.1, 0.15) is 42.2 Å². The van der Waals surface area contributed by atoms with Crippen LogP contribution in [0.4, 0.5) is 23.8 Å². The second-order valence-corrected chi connectivity index (χ2v) is 14.9. The third-order valence-electron chi connectivity index (χ3n) is 11.5. The summed E-state index contributed by atoms with van der Waals surface area (Å²) < 4.78 is 57.2. The molecule has 0 spiro atoms. The maximum atomic E-state index is 17.0. The van der Waals surface area contributed by atoms with E-state index < -0.39 is 29.4 Å². The molecule has 0 aliphatic carbocycles. The summed E-state index contributed by atoms with van der Waals surface area (Å²) in [5.41, 5.74) is 1.07. The van der Waals surface area contributed by atoms with Gasteiger partial charge in [0, 0.05) is 54.9 Å². The average molecular weight is 710 g/mol. The van der Waals surface area contributed by atoms with Crippen molar-refractivity contribution in [3.63, 3.8) is 0 Å². The number of carbonyl (C=O) groups is 1. The summed E-state index contributed by atoms with van der Waals surface area (Å²) in [7, 11) is 0. The highest BCUT2D eigenvalue weighted by molar-refractivity contribution is 6.02. The van der Waals surface area contributed by atoms with Crippen LogP contribution in [0.2, 0.25) is 0 Å². The Morgan fingerprint density at radius 2 is 1.90 bits per heavy atom. The van der Waals surface area contributed by atoms with Crippen LogP contribution in [0.1, 0.15) is 37.7 Å². The number of nitrogens with zero attached hydrogens (tertiary/aromatic N) is 6. The Bertz CT molecular complexity index is 2160. The van der Waals surface area contributed by atoms with E-state index in [0.29, 0.717) is 65.7 Å². The molecule has 13 heteroatoms. The van der Waals surface area contributed by atoms with Crippen LogP contribution in [0.25, 0.3) is 32.9 Å². The number of ether oxygens (including phenoxy) is 2. The molecule has 5 fully saturated rings. The Hall–Kier alpha value is -4.93. The van der Waals surface area contributed by atoms with E-state index in [2.05, 4.69) is 37.6 Å². The number of terminal acetylenes is 1. The number of halogens is 3. The van der Waals surface area contributed by atoms with Gasteiger partial charge in [-0.05, 0) is 43.6 Å². The molecule has 7 heterocycles. The van der Waals surface area contributed by atoms with Crippen molar-refractivity contribution in [2.24, 2.45) is 0 Å². The van der Waals surface area contributed by atoms with Gasteiger partial charge in [0.2, 0.25) is 0 Å². The number of benzene rings is 2. The van der Waals surface area contributed by atoms with E-state index in [0.717, 1.165) is 31.3 Å². The number of rotatable bonds is 7. The number of carbonyl (C=O) groups excluding carboxylic acids is 1. The van der Waals surface area contributed by atoms with Crippen LogP contribution < -0.4 is 15.0 Å². The van der Waals surface area contributed by atoms with Gasteiger partial charge in [0.15, 0.2) is 5.82 Å². The largest absolute Gasteiger partial charge is 0.461 e. The van der Waals surface area contributed by atoms with Gasteiger partial charge in [0.05, 0.1) is 29.6 Å². The maximum Gasteiger partial charge on any atom is 0.410 e. The molecule has 2 aromatic heterocycles. The fourth-order valence-corrected chi connectivity index (χ4v) is 8.96. The number of fused-ring (bicyclic) bond motifs is 5.